The highest BCUT2D eigenvalue weighted by molar-refractivity contribution is 7.88. The van der Waals surface area contributed by atoms with E-state index in [1.54, 1.807) is 24.3 Å². The summed E-state index contributed by atoms with van der Waals surface area (Å²) >= 11 is 0. The maximum Gasteiger partial charge on any atom is 0.319 e. The Labute approximate surface area is 130 Å². The van der Waals surface area contributed by atoms with Crippen LogP contribution in [0, 0.1) is 12.3 Å². The average Bonchev–Trinajstić information content (AvgIpc) is 2.46. The van der Waals surface area contributed by atoms with E-state index in [1.807, 2.05) is 0 Å². The normalized spacial score (nSPS) is 19.2. The highest BCUT2D eigenvalue weighted by atomic mass is 32.2. The molecule has 1 fully saturated rings. The number of rotatable bonds is 3. The summed E-state index contributed by atoms with van der Waals surface area (Å²) in [6.07, 6.45) is 7.98. The van der Waals surface area contributed by atoms with E-state index in [-0.39, 0.29) is 12.1 Å². The minimum atomic E-state index is -3.22. The summed E-state index contributed by atoms with van der Waals surface area (Å²) in [5.41, 5.74) is 1.28. The number of amides is 2. The quantitative estimate of drug-likeness (QED) is 0.822. The van der Waals surface area contributed by atoms with Gasteiger partial charge >= 0.3 is 6.03 Å². The second-order valence-electron chi connectivity index (χ2n) is 5.28. The molecule has 1 aliphatic rings. The number of benzene rings is 1. The fourth-order valence-corrected chi connectivity index (χ4v) is 3.31. The van der Waals surface area contributed by atoms with E-state index >= 15 is 0 Å². The Morgan fingerprint density at radius 3 is 2.91 bits per heavy atom. The van der Waals surface area contributed by atoms with Crippen molar-refractivity contribution in [3.63, 3.8) is 0 Å². The molecule has 0 bridgehead atoms. The molecule has 22 heavy (non-hydrogen) atoms. The smallest absolute Gasteiger partial charge is 0.319 e. The highest BCUT2D eigenvalue weighted by Gasteiger charge is 2.26. The summed E-state index contributed by atoms with van der Waals surface area (Å²) in [7, 11) is -3.22. The van der Waals surface area contributed by atoms with E-state index < -0.39 is 10.0 Å². The molecule has 7 heteroatoms. The van der Waals surface area contributed by atoms with Crippen LogP contribution in [0.1, 0.15) is 18.4 Å². The Kier molecular flexibility index (Phi) is 5.06. The number of hydrogen-bond acceptors (Lipinski definition) is 3. The lowest BCUT2D eigenvalue weighted by Gasteiger charge is -2.31. The molecule has 2 N–H and O–H groups in total. The number of urea groups is 1. The van der Waals surface area contributed by atoms with Gasteiger partial charge < -0.3 is 10.6 Å². The zero-order chi connectivity index (χ0) is 16.2. The molecule has 1 aliphatic heterocycles. The molecule has 1 aromatic rings. The van der Waals surface area contributed by atoms with Gasteiger partial charge in [-0.1, -0.05) is 12.0 Å². The summed E-state index contributed by atoms with van der Waals surface area (Å²) in [5, 5.41) is 5.50. The van der Waals surface area contributed by atoms with Gasteiger partial charge in [-0.15, -0.1) is 6.42 Å². The molecule has 2 amide bonds. The molecule has 0 aromatic heterocycles. The topological polar surface area (TPSA) is 78.5 Å². The third kappa shape index (κ3) is 4.48. The first-order valence-corrected chi connectivity index (χ1v) is 8.82. The number of anilines is 1. The molecule has 0 saturated carbocycles. The number of hydrogen-bond donors (Lipinski definition) is 2. The van der Waals surface area contributed by atoms with Crippen molar-refractivity contribution in [2.45, 2.75) is 18.9 Å². The van der Waals surface area contributed by atoms with Crippen molar-refractivity contribution in [1.29, 1.82) is 0 Å². The maximum atomic E-state index is 12.0. The number of nitrogens with zero attached hydrogens (tertiary/aromatic N) is 1. The van der Waals surface area contributed by atoms with Gasteiger partial charge in [-0.25, -0.2) is 17.5 Å². The summed E-state index contributed by atoms with van der Waals surface area (Å²) < 4.78 is 24.5. The summed E-state index contributed by atoms with van der Waals surface area (Å²) in [5.74, 6) is 2.50. The molecule has 0 spiro atoms. The van der Waals surface area contributed by atoms with Gasteiger partial charge in [0.15, 0.2) is 0 Å². The van der Waals surface area contributed by atoms with Crippen molar-refractivity contribution in [3.05, 3.63) is 29.8 Å². The van der Waals surface area contributed by atoms with Gasteiger partial charge in [0.2, 0.25) is 10.0 Å². The van der Waals surface area contributed by atoms with E-state index in [0.717, 1.165) is 12.8 Å². The van der Waals surface area contributed by atoms with Crippen molar-refractivity contribution in [2.24, 2.45) is 0 Å². The molecule has 1 atom stereocenters. The third-order valence-corrected chi connectivity index (χ3v) is 4.75. The molecule has 1 aromatic carbocycles. The van der Waals surface area contributed by atoms with Crippen molar-refractivity contribution in [1.82, 2.24) is 9.62 Å². The number of carbonyl (C=O) groups is 1. The minimum Gasteiger partial charge on any atom is -0.334 e. The van der Waals surface area contributed by atoms with Gasteiger partial charge in [0.25, 0.3) is 0 Å². The number of terminal acetylenes is 1. The Hall–Kier alpha value is -2.04. The SMILES string of the molecule is C#Cc1cccc(NC(=O)N[C@@H]2CCCN(S(C)(=O)=O)C2)c1. The molecular weight excluding hydrogens is 302 g/mol. The van der Waals surface area contributed by atoms with Crippen molar-refractivity contribution in [3.8, 4) is 12.3 Å². The second kappa shape index (κ2) is 6.81. The first-order chi connectivity index (χ1) is 10.4. The minimum absolute atomic E-state index is 0.195. The van der Waals surface area contributed by atoms with E-state index in [9.17, 15) is 13.2 Å². The molecule has 2 rings (SSSR count). The van der Waals surface area contributed by atoms with Crippen LogP contribution in [0.2, 0.25) is 0 Å². The van der Waals surface area contributed by atoms with Crippen LogP contribution in [0.15, 0.2) is 24.3 Å². The first kappa shape index (κ1) is 16.3. The van der Waals surface area contributed by atoms with Crippen LogP contribution in [0.4, 0.5) is 10.5 Å². The first-order valence-electron chi connectivity index (χ1n) is 6.98. The van der Waals surface area contributed by atoms with Gasteiger partial charge in [-0.05, 0) is 31.0 Å². The van der Waals surface area contributed by atoms with E-state index in [2.05, 4.69) is 16.6 Å². The van der Waals surface area contributed by atoms with Crippen LogP contribution < -0.4 is 10.6 Å². The van der Waals surface area contributed by atoms with Crippen LogP contribution in [-0.4, -0.2) is 44.1 Å². The molecule has 118 valence electrons. The maximum absolute atomic E-state index is 12.0. The van der Waals surface area contributed by atoms with Gasteiger partial charge in [0.1, 0.15) is 0 Å². The van der Waals surface area contributed by atoms with Gasteiger partial charge in [0.05, 0.1) is 6.26 Å². The lowest BCUT2D eigenvalue weighted by Crippen LogP contribution is -2.50. The third-order valence-electron chi connectivity index (χ3n) is 3.48. The van der Waals surface area contributed by atoms with Crippen molar-refractivity contribution < 1.29 is 13.2 Å². The Morgan fingerprint density at radius 1 is 1.45 bits per heavy atom. The average molecular weight is 321 g/mol. The predicted molar refractivity (Wildman–Crippen MR) is 86.0 cm³/mol. The van der Waals surface area contributed by atoms with Gasteiger partial charge in [0, 0.05) is 30.4 Å². The lowest BCUT2D eigenvalue weighted by molar-refractivity contribution is 0.236. The number of carbonyl (C=O) groups excluding carboxylic acids is 1. The second-order valence-corrected chi connectivity index (χ2v) is 7.27. The van der Waals surface area contributed by atoms with Gasteiger partial charge in [-0.3, -0.25) is 0 Å². The van der Waals surface area contributed by atoms with E-state index in [4.69, 9.17) is 6.42 Å². The van der Waals surface area contributed by atoms with Crippen molar-refractivity contribution >= 4 is 21.7 Å². The van der Waals surface area contributed by atoms with Crippen molar-refractivity contribution in [2.75, 3.05) is 24.7 Å². The molecule has 0 unspecified atom stereocenters. The monoisotopic (exact) mass is 321 g/mol. The van der Waals surface area contributed by atoms with Crippen LogP contribution in [0.25, 0.3) is 0 Å². The zero-order valence-electron chi connectivity index (χ0n) is 12.4. The molecule has 0 aliphatic carbocycles. The highest BCUT2D eigenvalue weighted by Crippen LogP contribution is 2.14. The fraction of sp³-hybridized carbons (Fsp3) is 0.400. The number of nitrogens with one attached hydrogen (secondary N) is 2. The number of piperidine rings is 1. The summed E-state index contributed by atoms with van der Waals surface area (Å²) in [4.78, 5) is 12.0. The van der Waals surface area contributed by atoms with E-state index in [0.29, 0.717) is 24.3 Å². The molecule has 0 radical (unpaired) electrons. The standard InChI is InChI=1S/C15H19N3O3S/c1-3-12-6-4-7-13(10-12)16-15(19)17-14-8-5-9-18(11-14)22(2,20)21/h1,4,6-7,10,14H,5,8-9,11H2,2H3,(H2,16,17,19)/t14-/m1/s1. The predicted octanol–water partition coefficient (Wildman–Crippen LogP) is 1.21. The van der Waals surface area contributed by atoms with Crippen LogP contribution in [0.5, 0.6) is 0 Å². The van der Waals surface area contributed by atoms with Gasteiger partial charge in [-0.2, -0.15) is 0 Å². The largest absolute Gasteiger partial charge is 0.334 e. The van der Waals surface area contributed by atoms with Crippen LogP contribution in [0.3, 0.4) is 0 Å². The molecule has 6 nitrogen and oxygen atoms in total. The molecule has 1 heterocycles. The lowest BCUT2D eigenvalue weighted by atomic mass is 10.1. The Balaban J connectivity index is 1.93. The van der Waals surface area contributed by atoms with E-state index in [1.165, 1.54) is 10.6 Å². The van der Waals surface area contributed by atoms with Crippen LogP contribution in [-0.2, 0) is 10.0 Å². The number of sulfonamides is 1. The fourth-order valence-electron chi connectivity index (χ4n) is 2.40. The Bertz CT molecular complexity index is 694. The molecule has 1 saturated heterocycles. The molecular formula is C15H19N3O3S. The zero-order valence-corrected chi connectivity index (χ0v) is 13.2. The Morgan fingerprint density at radius 2 is 2.23 bits per heavy atom. The van der Waals surface area contributed by atoms with Crippen LogP contribution >= 0.6 is 0 Å². The summed E-state index contributed by atoms with van der Waals surface area (Å²) in [6, 6.07) is 6.41. The summed E-state index contributed by atoms with van der Waals surface area (Å²) in [6.45, 7) is 0.805.